The molecule has 0 atom stereocenters. The lowest BCUT2D eigenvalue weighted by molar-refractivity contribution is 0.299. The number of rotatable bonds is 6. The van der Waals surface area contributed by atoms with E-state index in [2.05, 4.69) is 30.2 Å². The van der Waals surface area contributed by atoms with E-state index in [4.69, 9.17) is 4.74 Å². The quantitative estimate of drug-likeness (QED) is 0.872. The number of nitrogens with one attached hydrogen (secondary N) is 1. The van der Waals surface area contributed by atoms with Crippen molar-refractivity contribution in [3.63, 3.8) is 0 Å². The van der Waals surface area contributed by atoms with Gasteiger partial charge >= 0.3 is 0 Å². The molecule has 2 aromatic rings. The molecule has 0 unspecified atom stereocenters. The summed E-state index contributed by atoms with van der Waals surface area (Å²) in [5.41, 5.74) is 3.28. The van der Waals surface area contributed by atoms with Gasteiger partial charge in [-0.25, -0.2) is 0 Å². The number of ether oxygens (including phenoxy) is 1. The van der Waals surface area contributed by atoms with E-state index in [-0.39, 0.29) is 0 Å². The number of hydrogen-bond acceptors (Lipinski definition) is 3. The van der Waals surface area contributed by atoms with Crippen LogP contribution in [0.3, 0.4) is 0 Å². The molecule has 3 nitrogen and oxygen atoms in total. The second kappa shape index (κ2) is 7.06. The lowest BCUT2D eigenvalue weighted by atomic mass is 10.2. The van der Waals surface area contributed by atoms with E-state index in [0.717, 1.165) is 23.6 Å². The number of hydrogen-bond donors (Lipinski definition) is 1. The molecule has 106 valence electrons. The molecule has 0 spiro atoms. The van der Waals surface area contributed by atoms with Gasteiger partial charge in [0.1, 0.15) is 12.4 Å². The highest BCUT2D eigenvalue weighted by Gasteiger charge is 2.01. The molecule has 1 N–H and O–H groups in total. The average Bonchev–Trinajstić information content (AvgIpc) is 2.45. The second-order valence-corrected chi connectivity index (χ2v) is 5.25. The van der Waals surface area contributed by atoms with Crippen LogP contribution in [0.2, 0.25) is 0 Å². The molecular formula is C17H22N2O. The third kappa shape index (κ3) is 4.35. The van der Waals surface area contributed by atoms with Gasteiger partial charge in [-0.3, -0.25) is 4.98 Å². The Hall–Kier alpha value is -1.87. The molecule has 20 heavy (non-hydrogen) atoms. The Morgan fingerprint density at radius 1 is 1.15 bits per heavy atom. The van der Waals surface area contributed by atoms with E-state index >= 15 is 0 Å². The fraction of sp³-hybridized carbons (Fsp3) is 0.353. The molecule has 0 aliphatic rings. The number of benzene rings is 1. The summed E-state index contributed by atoms with van der Waals surface area (Å²) in [6.07, 6.45) is 1.91. The van der Waals surface area contributed by atoms with Crippen LogP contribution < -0.4 is 10.1 Å². The number of para-hydroxylation sites is 1. The first-order valence-corrected chi connectivity index (χ1v) is 7.01. The van der Waals surface area contributed by atoms with Crippen LogP contribution in [0.1, 0.15) is 30.7 Å². The first-order chi connectivity index (χ1) is 9.65. The van der Waals surface area contributed by atoms with Crippen LogP contribution in [0.15, 0.2) is 42.6 Å². The maximum Gasteiger partial charge on any atom is 0.130 e. The fourth-order valence-corrected chi connectivity index (χ4v) is 1.84. The molecule has 0 aliphatic carbocycles. The summed E-state index contributed by atoms with van der Waals surface area (Å²) in [5.74, 6) is 0.917. The Labute approximate surface area is 121 Å². The van der Waals surface area contributed by atoms with Crippen molar-refractivity contribution in [1.82, 2.24) is 10.3 Å². The van der Waals surface area contributed by atoms with Gasteiger partial charge in [-0.2, -0.15) is 0 Å². The van der Waals surface area contributed by atoms with Crippen molar-refractivity contribution in [3.8, 4) is 5.75 Å². The Morgan fingerprint density at radius 3 is 2.60 bits per heavy atom. The minimum atomic E-state index is 0.485. The van der Waals surface area contributed by atoms with Crippen molar-refractivity contribution < 1.29 is 4.74 Å². The van der Waals surface area contributed by atoms with Crippen LogP contribution in [0.25, 0.3) is 0 Å². The van der Waals surface area contributed by atoms with Gasteiger partial charge < -0.3 is 10.1 Å². The highest BCUT2D eigenvalue weighted by molar-refractivity contribution is 5.31. The second-order valence-electron chi connectivity index (χ2n) is 5.25. The molecule has 0 amide bonds. The number of aryl methyl sites for hydroxylation is 1. The average molecular weight is 270 g/mol. The standard InChI is InChI=1S/C17H22N2O/c1-13(2)18-10-15-8-9-16(19-11-15)12-20-17-7-5-4-6-14(17)3/h4-9,11,13,18H,10,12H2,1-3H3. The zero-order valence-corrected chi connectivity index (χ0v) is 12.4. The minimum Gasteiger partial charge on any atom is -0.487 e. The maximum absolute atomic E-state index is 5.78. The van der Waals surface area contributed by atoms with E-state index in [1.54, 1.807) is 0 Å². The number of nitrogens with zero attached hydrogens (tertiary/aromatic N) is 1. The summed E-state index contributed by atoms with van der Waals surface area (Å²) in [4.78, 5) is 4.44. The molecule has 0 bridgehead atoms. The van der Waals surface area contributed by atoms with Gasteiger partial charge in [-0.15, -0.1) is 0 Å². The molecule has 0 saturated carbocycles. The summed E-state index contributed by atoms with van der Waals surface area (Å²) >= 11 is 0. The van der Waals surface area contributed by atoms with Crippen LogP contribution in [0, 0.1) is 6.92 Å². The van der Waals surface area contributed by atoms with Gasteiger partial charge in [-0.1, -0.05) is 38.1 Å². The smallest absolute Gasteiger partial charge is 0.130 e. The van der Waals surface area contributed by atoms with E-state index in [1.165, 1.54) is 5.56 Å². The zero-order chi connectivity index (χ0) is 14.4. The van der Waals surface area contributed by atoms with Crippen molar-refractivity contribution in [2.45, 2.75) is 40.0 Å². The van der Waals surface area contributed by atoms with Crippen LogP contribution in [-0.2, 0) is 13.2 Å². The third-order valence-electron chi connectivity index (χ3n) is 3.07. The molecule has 2 rings (SSSR count). The number of aromatic nitrogens is 1. The normalized spacial score (nSPS) is 10.8. The Morgan fingerprint density at radius 2 is 1.95 bits per heavy atom. The molecule has 0 aliphatic heterocycles. The van der Waals surface area contributed by atoms with Crippen molar-refractivity contribution in [2.24, 2.45) is 0 Å². The SMILES string of the molecule is Cc1ccccc1OCc1ccc(CNC(C)C)cn1. The highest BCUT2D eigenvalue weighted by atomic mass is 16.5. The van der Waals surface area contributed by atoms with Crippen LogP contribution in [0.5, 0.6) is 5.75 Å². The van der Waals surface area contributed by atoms with Gasteiger partial charge in [0.05, 0.1) is 5.69 Å². The van der Waals surface area contributed by atoms with Gasteiger partial charge in [-0.05, 0) is 30.2 Å². The molecule has 1 aromatic heterocycles. The summed E-state index contributed by atoms with van der Waals surface area (Å²) in [6.45, 7) is 7.67. The summed E-state index contributed by atoms with van der Waals surface area (Å²) in [6, 6.07) is 12.6. The lowest BCUT2D eigenvalue weighted by Crippen LogP contribution is -2.21. The molecular weight excluding hydrogens is 248 g/mol. The van der Waals surface area contributed by atoms with E-state index in [1.807, 2.05) is 43.5 Å². The molecule has 0 radical (unpaired) electrons. The maximum atomic E-state index is 5.78. The number of pyridine rings is 1. The predicted octanol–water partition coefficient (Wildman–Crippen LogP) is 3.47. The van der Waals surface area contributed by atoms with Crippen molar-refractivity contribution >= 4 is 0 Å². The van der Waals surface area contributed by atoms with Crippen molar-refractivity contribution in [1.29, 1.82) is 0 Å². The summed E-state index contributed by atoms with van der Waals surface area (Å²) < 4.78 is 5.78. The minimum absolute atomic E-state index is 0.485. The Kier molecular flexibility index (Phi) is 5.13. The van der Waals surface area contributed by atoms with Gasteiger partial charge in [0.25, 0.3) is 0 Å². The Balaban J connectivity index is 1.89. The first kappa shape index (κ1) is 14.5. The molecule has 0 fully saturated rings. The van der Waals surface area contributed by atoms with Crippen LogP contribution in [-0.4, -0.2) is 11.0 Å². The highest BCUT2D eigenvalue weighted by Crippen LogP contribution is 2.17. The van der Waals surface area contributed by atoms with Gasteiger partial charge in [0, 0.05) is 18.8 Å². The van der Waals surface area contributed by atoms with E-state index in [0.29, 0.717) is 12.6 Å². The van der Waals surface area contributed by atoms with Crippen molar-refractivity contribution in [3.05, 3.63) is 59.4 Å². The monoisotopic (exact) mass is 270 g/mol. The Bertz CT molecular complexity index is 535. The topological polar surface area (TPSA) is 34.1 Å². The third-order valence-corrected chi connectivity index (χ3v) is 3.07. The molecule has 1 aromatic carbocycles. The van der Waals surface area contributed by atoms with Crippen LogP contribution >= 0.6 is 0 Å². The molecule has 3 heteroatoms. The van der Waals surface area contributed by atoms with Gasteiger partial charge in [0.15, 0.2) is 0 Å². The lowest BCUT2D eigenvalue weighted by Gasteiger charge is -2.10. The molecule has 0 saturated heterocycles. The van der Waals surface area contributed by atoms with Crippen molar-refractivity contribution in [2.75, 3.05) is 0 Å². The summed E-state index contributed by atoms with van der Waals surface area (Å²) in [7, 11) is 0. The van der Waals surface area contributed by atoms with E-state index < -0.39 is 0 Å². The molecule has 1 heterocycles. The van der Waals surface area contributed by atoms with Crippen LogP contribution in [0.4, 0.5) is 0 Å². The summed E-state index contributed by atoms with van der Waals surface area (Å²) in [5, 5.41) is 3.38. The zero-order valence-electron chi connectivity index (χ0n) is 12.4. The predicted molar refractivity (Wildman–Crippen MR) is 81.7 cm³/mol. The largest absolute Gasteiger partial charge is 0.487 e. The fourth-order valence-electron chi connectivity index (χ4n) is 1.84. The van der Waals surface area contributed by atoms with Gasteiger partial charge in [0.2, 0.25) is 0 Å². The first-order valence-electron chi connectivity index (χ1n) is 7.01. The van der Waals surface area contributed by atoms with E-state index in [9.17, 15) is 0 Å².